The zero-order valence-corrected chi connectivity index (χ0v) is 17.6. The zero-order valence-electron chi connectivity index (χ0n) is 16.8. The number of nitrogens with one attached hydrogen (secondary N) is 1. The maximum atomic E-state index is 5.86. The number of nitrogens with zero attached hydrogens (tertiary/aromatic N) is 5. The first-order valence-electron chi connectivity index (χ1n) is 9.45. The second-order valence-corrected chi connectivity index (χ2v) is 7.42. The van der Waals surface area contributed by atoms with Crippen LogP contribution in [0.25, 0.3) is 11.5 Å². The SMILES string of the molecule is COc1ccccc1Nc1nc(N)nc(CSc2nnc(-c3ccc4c(c3)OCO4)o2)n1. The highest BCUT2D eigenvalue weighted by molar-refractivity contribution is 7.98. The summed E-state index contributed by atoms with van der Waals surface area (Å²) < 4.78 is 21.8. The Morgan fingerprint density at radius 3 is 2.84 bits per heavy atom. The van der Waals surface area contributed by atoms with Crippen LogP contribution in [0.4, 0.5) is 17.6 Å². The number of nitrogen functional groups attached to an aromatic ring is 1. The van der Waals surface area contributed by atoms with Crippen LogP contribution < -0.4 is 25.3 Å². The Morgan fingerprint density at radius 1 is 1.06 bits per heavy atom. The van der Waals surface area contributed by atoms with Gasteiger partial charge in [-0.25, -0.2) is 0 Å². The number of ether oxygens (including phenoxy) is 3. The fraction of sp³-hybridized carbons (Fsp3) is 0.150. The van der Waals surface area contributed by atoms with Crippen LogP contribution in [0.15, 0.2) is 52.1 Å². The van der Waals surface area contributed by atoms with Crippen LogP contribution in [0.1, 0.15) is 5.82 Å². The van der Waals surface area contributed by atoms with E-state index >= 15 is 0 Å². The molecular formula is C20H17N7O4S. The third-order valence-corrected chi connectivity index (χ3v) is 5.22. The van der Waals surface area contributed by atoms with Crippen LogP contribution in [0.2, 0.25) is 0 Å². The molecule has 0 fully saturated rings. The van der Waals surface area contributed by atoms with Gasteiger partial charge in [0.1, 0.15) is 11.6 Å². The number of thioether (sulfide) groups is 1. The third kappa shape index (κ3) is 4.21. The molecule has 11 nitrogen and oxygen atoms in total. The van der Waals surface area contributed by atoms with E-state index in [0.29, 0.717) is 51.6 Å². The number of hydrogen-bond donors (Lipinski definition) is 2. The van der Waals surface area contributed by atoms with Crippen LogP contribution in [0, 0.1) is 0 Å². The van der Waals surface area contributed by atoms with Gasteiger partial charge >= 0.3 is 0 Å². The molecule has 1 aliphatic heterocycles. The summed E-state index contributed by atoms with van der Waals surface area (Å²) in [5.74, 6) is 3.59. The normalized spacial score (nSPS) is 12.0. The average molecular weight is 451 g/mol. The number of aromatic nitrogens is 5. The van der Waals surface area contributed by atoms with Crippen molar-refractivity contribution in [2.24, 2.45) is 0 Å². The highest BCUT2D eigenvalue weighted by atomic mass is 32.2. The quantitative estimate of drug-likeness (QED) is 0.398. The van der Waals surface area contributed by atoms with E-state index in [1.807, 2.05) is 30.3 Å². The molecule has 162 valence electrons. The molecule has 0 saturated carbocycles. The Morgan fingerprint density at radius 2 is 1.94 bits per heavy atom. The third-order valence-electron chi connectivity index (χ3n) is 4.40. The molecule has 0 amide bonds. The van der Waals surface area contributed by atoms with Gasteiger partial charge in [0.2, 0.25) is 24.6 Å². The van der Waals surface area contributed by atoms with Crippen LogP contribution >= 0.6 is 11.8 Å². The number of nitrogens with two attached hydrogens (primary N) is 1. The van der Waals surface area contributed by atoms with Gasteiger partial charge in [-0.1, -0.05) is 23.9 Å². The van der Waals surface area contributed by atoms with E-state index in [4.69, 9.17) is 24.4 Å². The summed E-state index contributed by atoms with van der Waals surface area (Å²) >= 11 is 1.29. The molecule has 4 aromatic rings. The monoisotopic (exact) mass is 451 g/mol. The summed E-state index contributed by atoms with van der Waals surface area (Å²) in [7, 11) is 1.59. The van der Waals surface area contributed by atoms with Gasteiger partial charge < -0.3 is 29.7 Å². The molecule has 3 N–H and O–H groups in total. The minimum absolute atomic E-state index is 0.0968. The van der Waals surface area contributed by atoms with Gasteiger partial charge in [0.15, 0.2) is 11.5 Å². The average Bonchev–Trinajstić information content (AvgIpc) is 3.47. The summed E-state index contributed by atoms with van der Waals surface area (Å²) in [6, 6.07) is 12.9. The van der Waals surface area contributed by atoms with E-state index in [-0.39, 0.29) is 12.7 Å². The molecule has 2 aromatic heterocycles. The number of anilines is 3. The van der Waals surface area contributed by atoms with E-state index in [9.17, 15) is 0 Å². The standard InChI is InChI=1S/C20H17N7O4S/c1-28-13-5-3-2-4-12(13)22-19-24-16(23-18(21)25-19)9-32-20-27-26-17(31-20)11-6-7-14-15(8-11)30-10-29-14/h2-8H,9-10H2,1H3,(H3,21,22,23,24,25). The Labute approximate surface area is 186 Å². The predicted molar refractivity (Wildman–Crippen MR) is 116 cm³/mol. The van der Waals surface area contributed by atoms with Gasteiger partial charge in [0.05, 0.1) is 18.6 Å². The fourth-order valence-corrected chi connectivity index (χ4v) is 3.59. The molecule has 0 radical (unpaired) electrons. The van der Waals surface area contributed by atoms with E-state index in [2.05, 4.69) is 30.5 Å². The minimum Gasteiger partial charge on any atom is -0.495 e. The molecule has 0 aliphatic carbocycles. The van der Waals surface area contributed by atoms with E-state index in [1.165, 1.54) is 11.8 Å². The summed E-state index contributed by atoms with van der Waals surface area (Å²) in [5, 5.41) is 11.6. The lowest BCUT2D eigenvalue weighted by Crippen LogP contribution is -2.07. The van der Waals surface area contributed by atoms with Crippen molar-refractivity contribution in [2.45, 2.75) is 11.0 Å². The second-order valence-electron chi connectivity index (χ2n) is 6.49. The molecule has 0 saturated heterocycles. The molecule has 0 spiro atoms. The van der Waals surface area contributed by atoms with Crippen molar-refractivity contribution < 1.29 is 18.6 Å². The molecule has 32 heavy (non-hydrogen) atoms. The maximum Gasteiger partial charge on any atom is 0.277 e. The van der Waals surface area contributed by atoms with Gasteiger partial charge in [-0.15, -0.1) is 10.2 Å². The number of para-hydroxylation sites is 2. The lowest BCUT2D eigenvalue weighted by Gasteiger charge is -2.10. The van der Waals surface area contributed by atoms with Crippen molar-refractivity contribution in [3.63, 3.8) is 0 Å². The Hall–Kier alpha value is -4.06. The van der Waals surface area contributed by atoms with Crippen molar-refractivity contribution in [3.8, 4) is 28.7 Å². The maximum absolute atomic E-state index is 5.86. The Bertz CT molecular complexity index is 1270. The topological polar surface area (TPSA) is 143 Å². The molecule has 0 atom stereocenters. The summed E-state index contributed by atoms with van der Waals surface area (Å²) in [6.45, 7) is 0.201. The number of fused-ring (bicyclic) bond motifs is 1. The van der Waals surface area contributed by atoms with Crippen LogP contribution in [0.5, 0.6) is 17.2 Å². The predicted octanol–water partition coefficient (Wildman–Crippen LogP) is 3.28. The number of benzene rings is 2. The Kier molecular flexibility index (Phi) is 5.34. The highest BCUT2D eigenvalue weighted by Crippen LogP contribution is 2.36. The first-order valence-corrected chi connectivity index (χ1v) is 10.4. The number of rotatable bonds is 7. The lowest BCUT2D eigenvalue weighted by molar-refractivity contribution is 0.174. The number of methoxy groups -OCH3 is 1. The zero-order chi connectivity index (χ0) is 21.9. The number of hydrogen-bond acceptors (Lipinski definition) is 12. The lowest BCUT2D eigenvalue weighted by atomic mass is 10.2. The van der Waals surface area contributed by atoms with Gasteiger partial charge in [-0.2, -0.15) is 15.0 Å². The molecule has 3 heterocycles. The highest BCUT2D eigenvalue weighted by Gasteiger charge is 2.17. The summed E-state index contributed by atoms with van der Waals surface area (Å²) in [4.78, 5) is 12.7. The van der Waals surface area contributed by atoms with Gasteiger partial charge in [0.25, 0.3) is 5.22 Å². The van der Waals surface area contributed by atoms with Crippen molar-refractivity contribution in [3.05, 3.63) is 48.3 Å². The van der Waals surface area contributed by atoms with Crippen LogP contribution in [-0.4, -0.2) is 39.1 Å². The fourth-order valence-electron chi connectivity index (χ4n) is 2.97. The summed E-state index contributed by atoms with van der Waals surface area (Å²) in [5.41, 5.74) is 7.31. The first-order chi connectivity index (χ1) is 15.7. The molecule has 0 unspecified atom stereocenters. The molecule has 0 bridgehead atoms. The smallest absolute Gasteiger partial charge is 0.277 e. The first kappa shape index (κ1) is 19.9. The van der Waals surface area contributed by atoms with Gasteiger partial charge in [-0.3, -0.25) is 0 Å². The molecule has 5 rings (SSSR count). The van der Waals surface area contributed by atoms with Crippen molar-refractivity contribution in [1.82, 2.24) is 25.1 Å². The molecule has 1 aliphatic rings. The van der Waals surface area contributed by atoms with Crippen molar-refractivity contribution >= 4 is 29.3 Å². The Balaban J connectivity index is 1.28. The molecule has 12 heteroatoms. The van der Waals surface area contributed by atoms with Crippen LogP contribution in [0.3, 0.4) is 0 Å². The largest absolute Gasteiger partial charge is 0.495 e. The van der Waals surface area contributed by atoms with Gasteiger partial charge in [0, 0.05) is 5.56 Å². The molecule has 2 aromatic carbocycles. The van der Waals surface area contributed by atoms with E-state index in [0.717, 1.165) is 5.56 Å². The van der Waals surface area contributed by atoms with Crippen molar-refractivity contribution in [2.75, 3.05) is 25.0 Å². The van der Waals surface area contributed by atoms with Crippen LogP contribution in [-0.2, 0) is 5.75 Å². The minimum atomic E-state index is 0.0968. The van der Waals surface area contributed by atoms with Gasteiger partial charge in [-0.05, 0) is 30.3 Å². The van der Waals surface area contributed by atoms with Crippen molar-refractivity contribution in [1.29, 1.82) is 0 Å². The molecular weight excluding hydrogens is 434 g/mol. The second kappa shape index (κ2) is 8.59. The van der Waals surface area contributed by atoms with E-state index in [1.54, 1.807) is 19.2 Å². The van der Waals surface area contributed by atoms with E-state index < -0.39 is 0 Å². The summed E-state index contributed by atoms with van der Waals surface area (Å²) in [6.07, 6.45) is 0.